The molecule has 8 nitrogen and oxygen atoms in total. The molecule has 1 fully saturated rings. The Hall–Kier alpha value is -3.06. The molecule has 0 bridgehead atoms. The van der Waals surface area contributed by atoms with E-state index in [0.717, 1.165) is 36.4 Å². The van der Waals surface area contributed by atoms with E-state index in [-0.39, 0.29) is 6.41 Å². The smallest absolute Gasteiger partial charge is 0.234 e. The summed E-state index contributed by atoms with van der Waals surface area (Å²) in [6, 6.07) is 16.2. The number of anilines is 1. The summed E-state index contributed by atoms with van der Waals surface area (Å²) in [5, 5.41) is 10.2. The summed E-state index contributed by atoms with van der Waals surface area (Å²) in [4.78, 5) is 13.2. The molecule has 0 radical (unpaired) electrons. The third kappa shape index (κ3) is 7.99. The summed E-state index contributed by atoms with van der Waals surface area (Å²) in [5.74, 6) is 6.70. The zero-order valence-electron chi connectivity index (χ0n) is 20.0. The maximum atomic E-state index is 13.0. The van der Waals surface area contributed by atoms with Crippen molar-refractivity contribution < 1.29 is 23.2 Å². The molecule has 2 aromatic carbocycles. The van der Waals surface area contributed by atoms with Crippen LogP contribution in [0.4, 0.5) is 5.69 Å². The number of carbonyl (C=O) groups is 1. The highest BCUT2D eigenvalue weighted by atomic mass is 32.2. The van der Waals surface area contributed by atoms with Gasteiger partial charge in [-0.3, -0.25) is 10.0 Å². The number of benzene rings is 2. The largest absolute Gasteiger partial charge is 0.457 e. The Kier molecular flexibility index (Phi) is 9.97. The zero-order chi connectivity index (χ0) is 25.1. The van der Waals surface area contributed by atoms with Crippen molar-refractivity contribution >= 4 is 22.1 Å². The molecule has 9 heteroatoms. The number of piperazine rings is 1. The van der Waals surface area contributed by atoms with Gasteiger partial charge in [0.2, 0.25) is 16.4 Å². The first-order chi connectivity index (χ1) is 16.9. The van der Waals surface area contributed by atoms with Crippen molar-refractivity contribution in [2.24, 2.45) is 0 Å². The monoisotopic (exact) mass is 499 g/mol. The summed E-state index contributed by atoms with van der Waals surface area (Å²) in [6.07, 6.45) is 3.78. The molecule has 0 saturated carbocycles. The van der Waals surface area contributed by atoms with Crippen LogP contribution in [0.25, 0.3) is 0 Å². The molecule has 2 aromatic rings. The van der Waals surface area contributed by atoms with Crippen molar-refractivity contribution in [3.63, 3.8) is 0 Å². The summed E-state index contributed by atoms with van der Waals surface area (Å²) < 4.78 is 33.2. The number of rotatable bonds is 11. The number of carbonyl (C=O) groups excluding carboxylic acids is 1. The average molecular weight is 500 g/mol. The number of nitrogens with zero attached hydrogens (tertiary/aromatic N) is 3. The Morgan fingerprint density at radius 3 is 2.31 bits per heavy atom. The van der Waals surface area contributed by atoms with Gasteiger partial charge in [-0.2, -0.15) is 4.31 Å². The van der Waals surface area contributed by atoms with Crippen LogP contribution in [0.3, 0.4) is 0 Å². The van der Waals surface area contributed by atoms with Gasteiger partial charge in [-0.1, -0.05) is 43.9 Å². The molecule has 35 heavy (non-hydrogen) atoms. The molecular weight excluding hydrogens is 466 g/mol. The predicted molar refractivity (Wildman–Crippen MR) is 136 cm³/mol. The standard InChI is InChI=1S/C26H33N3O5S/c1-2-3-4-5-7-10-24(29(31)22-30)21-35(32,33)28-19-17-27(18-20-28)23-13-15-26(16-14-23)34-25-11-8-6-9-12-25/h6,8-9,11-16,22,24,31H,2-5,17-21H2,1H3. The lowest BCUT2D eigenvalue weighted by atomic mass is 10.2. The molecule has 1 N–H and O–H groups in total. The first-order valence-electron chi connectivity index (χ1n) is 11.9. The Balaban J connectivity index is 1.55. The molecule has 1 saturated heterocycles. The maximum absolute atomic E-state index is 13.0. The Bertz CT molecular complexity index is 1090. The SMILES string of the molecule is CCCCCC#CC(CS(=O)(=O)N1CCN(c2ccc(Oc3ccccc3)cc2)CC1)N(O)C=O. The zero-order valence-corrected chi connectivity index (χ0v) is 20.9. The number of unbranched alkanes of at least 4 members (excludes halogenated alkanes) is 3. The maximum Gasteiger partial charge on any atom is 0.234 e. The number of hydrogen-bond donors (Lipinski definition) is 1. The van der Waals surface area contributed by atoms with Crippen LogP contribution < -0.4 is 9.64 Å². The van der Waals surface area contributed by atoms with Gasteiger partial charge in [0.05, 0.1) is 5.75 Å². The van der Waals surface area contributed by atoms with Gasteiger partial charge >= 0.3 is 0 Å². The van der Waals surface area contributed by atoms with Gasteiger partial charge < -0.3 is 9.64 Å². The van der Waals surface area contributed by atoms with Crippen LogP contribution >= 0.6 is 0 Å². The van der Waals surface area contributed by atoms with Crippen LogP contribution in [0, 0.1) is 11.8 Å². The van der Waals surface area contributed by atoms with E-state index in [1.54, 1.807) is 0 Å². The molecule has 188 valence electrons. The van der Waals surface area contributed by atoms with Crippen molar-refractivity contribution in [2.75, 3.05) is 36.8 Å². The molecule has 1 aliphatic heterocycles. The summed E-state index contributed by atoms with van der Waals surface area (Å²) in [5.41, 5.74) is 0.987. The molecular formula is C26H33N3O5S. The van der Waals surface area contributed by atoms with Gasteiger partial charge in [-0.25, -0.2) is 13.5 Å². The van der Waals surface area contributed by atoms with Crippen molar-refractivity contribution in [1.29, 1.82) is 0 Å². The van der Waals surface area contributed by atoms with Crippen molar-refractivity contribution in [3.05, 3.63) is 54.6 Å². The third-order valence-electron chi connectivity index (χ3n) is 5.78. The summed E-state index contributed by atoms with van der Waals surface area (Å²) in [6.45, 7) is 3.77. The van der Waals surface area contributed by atoms with E-state index in [4.69, 9.17) is 4.74 Å². The van der Waals surface area contributed by atoms with Gasteiger partial charge in [0.1, 0.15) is 17.5 Å². The molecule has 0 aromatic heterocycles. The van der Waals surface area contributed by atoms with Crippen LogP contribution in [-0.2, 0) is 14.8 Å². The van der Waals surface area contributed by atoms with Crippen LogP contribution in [0.2, 0.25) is 0 Å². The molecule has 1 amide bonds. The Labute approximate surface area is 208 Å². The lowest BCUT2D eigenvalue weighted by molar-refractivity contribution is -0.153. The van der Waals surface area contributed by atoms with E-state index in [2.05, 4.69) is 23.7 Å². The van der Waals surface area contributed by atoms with E-state index in [1.165, 1.54) is 4.31 Å². The molecule has 1 atom stereocenters. The molecule has 1 aliphatic rings. The molecule has 3 rings (SSSR count). The second-order valence-corrected chi connectivity index (χ2v) is 10.4. The van der Waals surface area contributed by atoms with Crippen LogP contribution in [0.15, 0.2) is 54.6 Å². The van der Waals surface area contributed by atoms with E-state index in [0.29, 0.717) is 37.7 Å². The van der Waals surface area contributed by atoms with Crippen LogP contribution in [-0.4, -0.2) is 67.4 Å². The predicted octanol–water partition coefficient (Wildman–Crippen LogP) is 3.73. The fourth-order valence-electron chi connectivity index (χ4n) is 3.79. The average Bonchev–Trinajstić information content (AvgIpc) is 2.88. The minimum absolute atomic E-state index is 0.198. The van der Waals surface area contributed by atoms with E-state index >= 15 is 0 Å². The topological polar surface area (TPSA) is 90.4 Å². The lowest BCUT2D eigenvalue weighted by Crippen LogP contribution is -2.51. The number of sulfonamides is 1. The number of ether oxygens (including phenoxy) is 1. The minimum atomic E-state index is -3.71. The molecule has 1 heterocycles. The van der Waals surface area contributed by atoms with E-state index < -0.39 is 21.8 Å². The summed E-state index contributed by atoms with van der Waals surface area (Å²) in [7, 11) is -3.71. The normalized spacial score (nSPS) is 15.1. The van der Waals surface area contributed by atoms with Crippen molar-refractivity contribution in [2.45, 2.75) is 38.6 Å². The van der Waals surface area contributed by atoms with Crippen LogP contribution in [0.1, 0.15) is 32.6 Å². The first-order valence-corrected chi connectivity index (χ1v) is 13.5. The lowest BCUT2D eigenvalue weighted by Gasteiger charge is -2.36. The van der Waals surface area contributed by atoms with Crippen molar-refractivity contribution in [3.8, 4) is 23.3 Å². The Morgan fingerprint density at radius 1 is 1.03 bits per heavy atom. The molecule has 1 unspecified atom stereocenters. The number of para-hydroxylation sites is 1. The summed E-state index contributed by atoms with van der Waals surface area (Å²) >= 11 is 0. The second-order valence-electron chi connectivity index (χ2n) is 8.35. The fourth-order valence-corrected chi connectivity index (χ4v) is 5.36. The third-order valence-corrected chi connectivity index (χ3v) is 7.67. The van der Waals surface area contributed by atoms with Crippen molar-refractivity contribution in [1.82, 2.24) is 9.37 Å². The number of amides is 1. The van der Waals surface area contributed by atoms with E-state index in [9.17, 15) is 18.4 Å². The van der Waals surface area contributed by atoms with Gasteiger partial charge in [0.25, 0.3) is 0 Å². The van der Waals surface area contributed by atoms with Gasteiger partial charge in [-0.15, -0.1) is 5.92 Å². The van der Waals surface area contributed by atoms with Gasteiger partial charge in [0, 0.05) is 38.3 Å². The minimum Gasteiger partial charge on any atom is -0.457 e. The highest BCUT2D eigenvalue weighted by Gasteiger charge is 2.31. The highest BCUT2D eigenvalue weighted by Crippen LogP contribution is 2.25. The van der Waals surface area contributed by atoms with Gasteiger partial charge in [0.15, 0.2) is 0 Å². The highest BCUT2D eigenvalue weighted by molar-refractivity contribution is 7.89. The fraction of sp³-hybridized carbons (Fsp3) is 0.423. The first kappa shape index (κ1) is 26.5. The number of hydrogen-bond acceptors (Lipinski definition) is 6. The molecule has 0 aliphatic carbocycles. The number of hydroxylamine groups is 2. The Morgan fingerprint density at radius 2 is 1.69 bits per heavy atom. The van der Waals surface area contributed by atoms with Gasteiger partial charge in [-0.05, 0) is 42.8 Å². The second kappa shape index (κ2) is 13.1. The van der Waals surface area contributed by atoms with E-state index in [1.807, 2.05) is 54.6 Å². The quantitative estimate of drug-likeness (QED) is 0.167. The van der Waals surface area contributed by atoms with Crippen LogP contribution in [0.5, 0.6) is 11.5 Å². The molecule has 0 spiro atoms.